The van der Waals surface area contributed by atoms with Crippen LogP contribution in [0.3, 0.4) is 0 Å². The molecule has 84 valence electrons. The Morgan fingerprint density at radius 1 is 1.44 bits per heavy atom. The fourth-order valence-corrected chi connectivity index (χ4v) is 3.12. The minimum atomic E-state index is -0.853. The second-order valence-electron chi connectivity index (χ2n) is 4.45. The molecule has 0 unspecified atom stereocenters. The van der Waals surface area contributed by atoms with Gasteiger partial charge in [-0.2, -0.15) is 0 Å². The number of halogens is 1. The van der Waals surface area contributed by atoms with Gasteiger partial charge >= 0.3 is 5.97 Å². The second-order valence-corrected chi connectivity index (χ2v) is 5.30. The summed E-state index contributed by atoms with van der Waals surface area (Å²) in [6.45, 7) is 1.03. The molecule has 1 aliphatic heterocycles. The van der Waals surface area contributed by atoms with Crippen LogP contribution in [-0.4, -0.2) is 23.7 Å². The van der Waals surface area contributed by atoms with Gasteiger partial charge in [0.2, 0.25) is 0 Å². The molecule has 1 aliphatic carbocycles. The Labute approximate surface area is 102 Å². The van der Waals surface area contributed by atoms with Crippen LogP contribution in [0.1, 0.15) is 28.8 Å². The molecular weight excluding hydrogens is 270 g/mol. The van der Waals surface area contributed by atoms with E-state index in [1.807, 2.05) is 6.07 Å². The first kappa shape index (κ1) is 10.1. The molecule has 0 atom stereocenters. The third-order valence-electron chi connectivity index (χ3n) is 3.29. The Morgan fingerprint density at radius 3 is 2.81 bits per heavy atom. The van der Waals surface area contributed by atoms with Gasteiger partial charge in [-0.05, 0) is 52.9 Å². The van der Waals surface area contributed by atoms with Gasteiger partial charge in [0.15, 0.2) is 0 Å². The van der Waals surface area contributed by atoms with Crippen LogP contribution in [0.25, 0.3) is 0 Å². The molecule has 1 aromatic carbocycles. The first-order valence-corrected chi connectivity index (χ1v) is 6.28. The molecule has 0 spiro atoms. The maximum Gasteiger partial charge on any atom is 0.335 e. The Bertz CT molecular complexity index is 468. The zero-order chi connectivity index (χ0) is 11.3. The summed E-state index contributed by atoms with van der Waals surface area (Å²) >= 11 is 3.50. The third kappa shape index (κ3) is 1.52. The van der Waals surface area contributed by atoms with Gasteiger partial charge < -0.3 is 10.0 Å². The number of carbonyl (C=O) groups is 1. The van der Waals surface area contributed by atoms with Gasteiger partial charge in [0.1, 0.15) is 0 Å². The number of carboxylic acids is 1. The normalized spacial score (nSPS) is 18.7. The van der Waals surface area contributed by atoms with Gasteiger partial charge in [-0.25, -0.2) is 4.79 Å². The molecule has 1 saturated carbocycles. The van der Waals surface area contributed by atoms with Crippen LogP contribution in [0.2, 0.25) is 0 Å². The minimum Gasteiger partial charge on any atom is -0.478 e. The standard InChI is InChI=1S/C12H12BrNO2/c13-10-6-8(12(15)16)5-7-3-4-14(11(7)10)9-1-2-9/h5-6,9H,1-4H2,(H,15,16). The van der Waals surface area contributed by atoms with E-state index in [-0.39, 0.29) is 0 Å². The van der Waals surface area contributed by atoms with Crippen molar-refractivity contribution in [2.75, 3.05) is 11.4 Å². The topological polar surface area (TPSA) is 40.5 Å². The maximum absolute atomic E-state index is 10.9. The van der Waals surface area contributed by atoms with Crippen LogP contribution in [0, 0.1) is 0 Å². The predicted octanol–water partition coefficient (Wildman–Crippen LogP) is 2.67. The Morgan fingerprint density at radius 2 is 2.19 bits per heavy atom. The smallest absolute Gasteiger partial charge is 0.335 e. The van der Waals surface area contributed by atoms with Crippen molar-refractivity contribution >= 4 is 27.6 Å². The van der Waals surface area contributed by atoms with Crippen molar-refractivity contribution in [3.8, 4) is 0 Å². The van der Waals surface area contributed by atoms with Crippen LogP contribution < -0.4 is 4.90 Å². The summed E-state index contributed by atoms with van der Waals surface area (Å²) in [5.41, 5.74) is 2.76. The Hall–Kier alpha value is -1.03. The number of rotatable bonds is 2. The number of anilines is 1. The molecular formula is C12H12BrNO2. The fourth-order valence-electron chi connectivity index (χ4n) is 2.40. The summed E-state index contributed by atoms with van der Waals surface area (Å²) in [6.07, 6.45) is 3.50. The molecule has 1 N–H and O–H groups in total. The molecule has 0 saturated heterocycles. The first-order valence-electron chi connectivity index (χ1n) is 5.49. The van der Waals surface area contributed by atoms with Crippen LogP contribution in [0.5, 0.6) is 0 Å². The molecule has 0 amide bonds. The zero-order valence-electron chi connectivity index (χ0n) is 8.74. The molecule has 1 aromatic rings. The van der Waals surface area contributed by atoms with E-state index in [1.165, 1.54) is 24.1 Å². The molecule has 3 rings (SSSR count). The number of carboxylic acid groups (broad SMARTS) is 1. The maximum atomic E-state index is 10.9. The molecule has 0 aromatic heterocycles. The molecule has 2 aliphatic rings. The van der Waals surface area contributed by atoms with E-state index in [2.05, 4.69) is 20.8 Å². The van der Waals surface area contributed by atoms with Gasteiger partial charge in [-0.1, -0.05) is 0 Å². The largest absolute Gasteiger partial charge is 0.478 e. The van der Waals surface area contributed by atoms with E-state index in [0.29, 0.717) is 11.6 Å². The quantitative estimate of drug-likeness (QED) is 0.906. The summed E-state index contributed by atoms with van der Waals surface area (Å²) < 4.78 is 0.923. The predicted molar refractivity (Wildman–Crippen MR) is 65.2 cm³/mol. The van der Waals surface area contributed by atoms with Crippen LogP contribution in [0.4, 0.5) is 5.69 Å². The lowest BCUT2D eigenvalue weighted by molar-refractivity contribution is 0.0696. The van der Waals surface area contributed by atoms with Crippen molar-refractivity contribution < 1.29 is 9.90 Å². The average molecular weight is 282 g/mol. The van der Waals surface area contributed by atoms with E-state index in [1.54, 1.807) is 6.07 Å². The van der Waals surface area contributed by atoms with E-state index in [9.17, 15) is 4.79 Å². The molecule has 16 heavy (non-hydrogen) atoms. The lowest BCUT2D eigenvalue weighted by Crippen LogP contribution is -2.22. The van der Waals surface area contributed by atoms with Gasteiger partial charge in [0, 0.05) is 17.1 Å². The van der Waals surface area contributed by atoms with Crippen molar-refractivity contribution in [1.82, 2.24) is 0 Å². The van der Waals surface area contributed by atoms with E-state index < -0.39 is 5.97 Å². The van der Waals surface area contributed by atoms with E-state index in [4.69, 9.17) is 5.11 Å². The monoisotopic (exact) mass is 281 g/mol. The highest BCUT2D eigenvalue weighted by atomic mass is 79.9. The molecule has 0 radical (unpaired) electrons. The number of hydrogen-bond donors (Lipinski definition) is 1. The van der Waals surface area contributed by atoms with Crippen LogP contribution in [0.15, 0.2) is 16.6 Å². The Kier molecular flexibility index (Phi) is 2.21. The number of fused-ring (bicyclic) bond motifs is 1. The average Bonchev–Trinajstić information content (AvgIpc) is 2.98. The van der Waals surface area contributed by atoms with Gasteiger partial charge in [-0.15, -0.1) is 0 Å². The summed E-state index contributed by atoms with van der Waals surface area (Å²) in [7, 11) is 0. The zero-order valence-corrected chi connectivity index (χ0v) is 10.3. The van der Waals surface area contributed by atoms with Crippen LogP contribution in [-0.2, 0) is 6.42 Å². The van der Waals surface area contributed by atoms with Gasteiger partial charge in [0.05, 0.1) is 11.3 Å². The number of benzene rings is 1. The third-order valence-corrected chi connectivity index (χ3v) is 3.89. The molecule has 0 bridgehead atoms. The summed E-state index contributed by atoms with van der Waals surface area (Å²) in [6, 6.07) is 4.21. The highest BCUT2D eigenvalue weighted by molar-refractivity contribution is 9.10. The van der Waals surface area contributed by atoms with Gasteiger partial charge in [0.25, 0.3) is 0 Å². The van der Waals surface area contributed by atoms with Crippen molar-refractivity contribution in [3.63, 3.8) is 0 Å². The minimum absolute atomic E-state index is 0.378. The first-order chi connectivity index (χ1) is 7.66. The summed E-state index contributed by atoms with van der Waals surface area (Å²) in [5.74, 6) is -0.853. The second kappa shape index (κ2) is 3.48. The molecule has 4 heteroatoms. The van der Waals surface area contributed by atoms with Crippen LogP contribution >= 0.6 is 15.9 Å². The van der Waals surface area contributed by atoms with Gasteiger partial charge in [-0.3, -0.25) is 0 Å². The van der Waals surface area contributed by atoms with Crippen molar-refractivity contribution in [2.45, 2.75) is 25.3 Å². The fraction of sp³-hybridized carbons (Fsp3) is 0.417. The number of aromatic carboxylic acids is 1. The van der Waals surface area contributed by atoms with Crippen molar-refractivity contribution in [3.05, 3.63) is 27.7 Å². The lowest BCUT2D eigenvalue weighted by atomic mass is 10.1. The molecule has 1 fully saturated rings. The number of nitrogens with zero attached hydrogens (tertiary/aromatic N) is 1. The van der Waals surface area contributed by atoms with Crippen molar-refractivity contribution in [2.24, 2.45) is 0 Å². The van der Waals surface area contributed by atoms with E-state index in [0.717, 1.165) is 17.4 Å². The van der Waals surface area contributed by atoms with E-state index >= 15 is 0 Å². The lowest BCUT2D eigenvalue weighted by Gasteiger charge is -2.20. The highest BCUT2D eigenvalue weighted by Crippen LogP contribution is 2.42. The summed E-state index contributed by atoms with van der Waals surface area (Å²) in [4.78, 5) is 13.4. The van der Waals surface area contributed by atoms with Crippen molar-refractivity contribution in [1.29, 1.82) is 0 Å². The SMILES string of the molecule is O=C(O)c1cc(Br)c2c(c1)CCN2C1CC1. The number of hydrogen-bond acceptors (Lipinski definition) is 2. The molecule has 3 nitrogen and oxygen atoms in total. The summed E-state index contributed by atoms with van der Waals surface area (Å²) in [5, 5.41) is 8.99. The molecule has 1 heterocycles. The Balaban J connectivity index is 2.06. The highest BCUT2D eigenvalue weighted by Gasteiger charge is 2.34.